The van der Waals surface area contributed by atoms with Gasteiger partial charge < -0.3 is 10.1 Å². The summed E-state index contributed by atoms with van der Waals surface area (Å²) in [5.41, 5.74) is 6.54. The van der Waals surface area contributed by atoms with Gasteiger partial charge in [-0.1, -0.05) is 12.1 Å². The van der Waals surface area contributed by atoms with Crippen molar-refractivity contribution in [1.82, 2.24) is 9.61 Å². The van der Waals surface area contributed by atoms with Gasteiger partial charge in [0.05, 0.1) is 18.3 Å². The van der Waals surface area contributed by atoms with E-state index in [9.17, 15) is 0 Å². The fourth-order valence-corrected chi connectivity index (χ4v) is 2.93. The van der Waals surface area contributed by atoms with Gasteiger partial charge in [0.1, 0.15) is 5.75 Å². The highest BCUT2D eigenvalue weighted by molar-refractivity contribution is 5.74. The van der Waals surface area contributed by atoms with Gasteiger partial charge in [0.25, 0.3) is 0 Å². The van der Waals surface area contributed by atoms with Gasteiger partial charge in [-0.25, -0.2) is 4.52 Å². The van der Waals surface area contributed by atoms with Crippen molar-refractivity contribution >= 4 is 11.2 Å². The van der Waals surface area contributed by atoms with Crippen molar-refractivity contribution < 1.29 is 4.74 Å². The Labute approximate surface area is 146 Å². The molecule has 4 heteroatoms. The number of aromatic nitrogens is 2. The van der Waals surface area contributed by atoms with E-state index in [-0.39, 0.29) is 0 Å². The SMILES string of the molecule is CNc1cccc(-c2ccn3nc(-c4ccc(OC)cc4)cc3c2)c1. The van der Waals surface area contributed by atoms with Crippen LogP contribution in [-0.2, 0) is 0 Å². The van der Waals surface area contributed by atoms with Crippen molar-refractivity contribution in [3.8, 4) is 28.1 Å². The Kier molecular flexibility index (Phi) is 3.86. The third-order valence-corrected chi connectivity index (χ3v) is 4.33. The predicted molar refractivity (Wildman–Crippen MR) is 102 cm³/mol. The Balaban J connectivity index is 1.73. The second-order valence-electron chi connectivity index (χ2n) is 5.87. The first-order chi connectivity index (χ1) is 12.3. The first-order valence-electron chi connectivity index (χ1n) is 8.19. The number of methoxy groups -OCH3 is 1. The molecule has 124 valence electrons. The number of benzene rings is 2. The number of rotatable bonds is 4. The summed E-state index contributed by atoms with van der Waals surface area (Å²) in [6, 6.07) is 22.7. The molecule has 2 aromatic carbocycles. The molecule has 0 amide bonds. The van der Waals surface area contributed by atoms with E-state index < -0.39 is 0 Å². The maximum Gasteiger partial charge on any atom is 0.118 e. The van der Waals surface area contributed by atoms with Crippen molar-refractivity contribution in [2.24, 2.45) is 0 Å². The molecule has 1 N–H and O–H groups in total. The summed E-state index contributed by atoms with van der Waals surface area (Å²) in [5, 5.41) is 7.85. The number of hydrogen-bond acceptors (Lipinski definition) is 3. The zero-order valence-corrected chi connectivity index (χ0v) is 14.2. The summed E-state index contributed by atoms with van der Waals surface area (Å²) in [5.74, 6) is 0.846. The number of hydrogen-bond donors (Lipinski definition) is 1. The monoisotopic (exact) mass is 329 g/mol. The van der Waals surface area contributed by atoms with Gasteiger partial charge >= 0.3 is 0 Å². The maximum absolute atomic E-state index is 5.22. The second kappa shape index (κ2) is 6.32. The molecule has 0 saturated heterocycles. The number of nitrogens with one attached hydrogen (secondary N) is 1. The molecular formula is C21H19N3O. The summed E-state index contributed by atoms with van der Waals surface area (Å²) in [4.78, 5) is 0. The summed E-state index contributed by atoms with van der Waals surface area (Å²) in [6.07, 6.45) is 2.00. The largest absolute Gasteiger partial charge is 0.497 e. The fraction of sp³-hybridized carbons (Fsp3) is 0.0952. The van der Waals surface area contributed by atoms with Crippen LogP contribution in [0.1, 0.15) is 0 Å². The summed E-state index contributed by atoms with van der Waals surface area (Å²) in [7, 11) is 3.60. The smallest absolute Gasteiger partial charge is 0.118 e. The molecule has 2 heterocycles. The Hall–Kier alpha value is -3.27. The third kappa shape index (κ3) is 2.94. The van der Waals surface area contributed by atoms with E-state index >= 15 is 0 Å². The Morgan fingerprint density at radius 3 is 2.44 bits per heavy atom. The van der Waals surface area contributed by atoms with E-state index in [0.29, 0.717) is 0 Å². The Bertz CT molecular complexity index is 1020. The molecule has 25 heavy (non-hydrogen) atoms. The van der Waals surface area contributed by atoms with E-state index in [1.54, 1.807) is 7.11 Å². The molecule has 0 unspecified atom stereocenters. The van der Waals surface area contributed by atoms with Crippen LogP contribution in [0, 0.1) is 0 Å². The van der Waals surface area contributed by atoms with Gasteiger partial charge in [-0.05, 0) is 65.7 Å². The van der Waals surface area contributed by atoms with E-state index in [0.717, 1.165) is 28.2 Å². The normalized spacial score (nSPS) is 10.8. The quantitative estimate of drug-likeness (QED) is 0.589. The van der Waals surface area contributed by atoms with Crippen molar-refractivity contribution in [3.05, 3.63) is 72.9 Å². The van der Waals surface area contributed by atoms with Crippen LogP contribution >= 0.6 is 0 Å². The van der Waals surface area contributed by atoms with Crippen LogP contribution in [-0.4, -0.2) is 23.8 Å². The van der Waals surface area contributed by atoms with Crippen molar-refractivity contribution in [2.45, 2.75) is 0 Å². The van der Waals surface area contributed by atoms with Crippen molar-refractivity contribution in [1.29, 1.82) is 0 Å². The van der Waals surface area contributed by atoms with Gasteiger partial charge in [0, 0.05) is 24.5 Å². The molecule has 0 aliphatic heterocycles. The number of anilines is 1. The van der Waals surface area contributed by atoms with Crippen LogP contribution in [0.2, 0.25) is 0 Å². The highest BCUT2D eigenvalue weighted by Gasteiger charge is 2.07. The van der Waals surface area contributed by atoms with Crippen LogP contribution in [0.5, 0.6) is 5.75 Å². The van der Waals surface area contributed by atoms with Crippen LogP contribution in [0.15, 0.2) is 72.9 Å². The van der Waals surface area contributed by atoms with Crippen LogP contribution in [0.4, 0.5) is 5.69 Å². The lowest BCUT2D eigenvalue weighted by Gasteiger charge is -2.05. The minimum atomic E-state index is 0.846. The molecule has 0 spiro atoms. The van der Waals surface area contributed by atoms with Gasteiger partial charge in [-0.3, -0.25) is 0 Å². The van der Waals surface area contributed by atoms with Crippen molar-refractivity contribution in [2.75, 3.05) is 19.5 Å². The minimum Gasteiger partial charge on any atom is -0.497 e. The molecule has 0 bridgehead atoms. The lowest BCUT2D eigenvalue weighted by Crippen LogP contribution is -1.90. The molecule has 2 aromatic heterocycles. The molecule has 0 aliphatic carbocycles. The Morgan fingerprint density at radius 1 is 0.880 bits per heavy atom. The van der Waals surface area contributed by atoms with Gasteiger partial charge in [-0.15, -0.1) is 0 Å². The molecule has 0 fully saturated rings. The first-order valence-corrected chi connectivity index (χ1v) is 8.19. The maximum atomic E-state index is 5.22. The number of ether oxygens (including phenoxy) is 1. The van der Waals surface area contributed by atoms with Crippen molar-refractivity contribution in [3.63, 3.8) is 0 Å². The average molecular weight is 329 g/mol. The van der Waals surface area contributed by atoms with E-state index in [2.05, 4.69) is 52.9 Å². The molecule has 4 aromatic rings. The van der Waals surface area contributed by atoms with E-state index in [1.165, 1.54) is 11.1 Å². The first kappa shape index (κ1) is 15.3. The summed E-state index contributed by atoms with van der Waals surface area (Å²) in [6.45, 7) is 0. The van der Waals surface area contributed by atoms with Gasteiger partial charge in [0.2, 0.25) is 0 Å². The highest BCUT2D eigenvalue weighted by atomic mass is 16.5. The topological polar surface area (TPSA) is 38.6 Å². The lowest BCUT2D eigenvalue weighted by molar-refractivity contribution is 0.415. The zero-order chi connectivity index (χ0) is 17.2. The molecule has 0 saturated carbocycles. The van der Waals surface area contributed by atoms with Crippen LogP contribution < -0.4 is 10.1 Å². The molecule has 4 rings (SSSR count). The summed E-state index contributed by atoms with van der Waals surface area (Å²) >= 11 is 0. The molecule has 0 atom stereocenters. The number of nitrogens with zero attached hydrogens (tertiary/aromatic N) is 2. The second-order valence-corrected chi connectivity index (χ2v) is 5.87. The number of fused-ring (bicyclic) bond motifs is 1. The average Bonchev–Trinajstić information content (AvgIpc) is 3.11. The molecule has 0 aliphatic rings. The van der Waals surface area contributed by atoms with Crippen LogP contribution in [0.25, 0.3) is 27.9 Å². The fourth-order valence-electron chi connectivity index (χ4n) is 2.93. The Morgan fingerprint density at radius 2 is 1.68 bits per heavy atom. The van der Waals surface area contributed by atoms with Crippen LogP contribution in [0.3, 0.4) is 0 Å². The number of pyridine rings is 1. The predicted octanol–water partition coefficient (Wildman–Crippen LogP) is 4.72. The molecule has 4 nitrogen and oxygen atoms in total. The third-order valence-electron chi connectivity index (χ3n) is 4.33. The molecule has 0 radical (unpaired) electrons. The van der Waals surface area contributed by atoms with Gasteiger partial charge in [0.15, 0.2) is 0 Å². The standard InChI is InChI=1S/C21H19N3O/c1-22-18-5-3-4-16(12-18)17-10-11-24-19(13-17)14-21(23-24)15-6-8-20(25-2)9-7-15/h3-14,22H,1-2H3. The van der Waals surface area contributed by atoms with Gasteiger partial charge in [-0.2, -0.15) is 5.10 Å². The highest BCUT2D eigenvalue weighted by Crippen LogP contribution is 2.27. The zero-order valence-electron chi connectivity index (χ0n) is 14.2. The van der Waals surface area contributed by atoms with E-state index in [1.807, 2.05) is 42.0 Å². The molecular weight excluding hydrogens is 310 g/mol. The van der Waals surface area contributed by atoms with E-state index in [4.69, 9.17) is 4.74 Å². The summed E-state index contributed by atoms with van der Waals surface area (Å²) < 4.78 is 7.12. The minimum absolute atomic E-state index is 0.846. The lowest BCUT2D eigenvalue weighted by atomic mass is 10.1.